The highest BCUT2D eigenvalue weighted by Crippen LogP contribution is 2.13. The molecule has 31 heavy (non-hydrogen) atoms. The van der Waals surface area contributed by atoms with Gasteiger partial charge in [0.1, 0.15) is 6.61 Å². The zero-order valence-corrected chi connectivity index (χ0v) is 19.3. The zero-order valence-electron chi connectivity index (χ0n) is 19.3. The minimum atomic E-state index is -0.682. The van der Waals surface area contributed by atoms with E-state index in [0.29, 0.717) is 39.2 Å². The second-order valence-corrected chi connectivity index (χ2v) is 8.00. The summed E-state index contributed by atoms with van der Waals surface area (Å²) in [7, 11) is 0. The molecule has 2 N–H and O–H groups in total. The van der Waals surface area contributed by atoms with Crippen LogP contribution in [0.25, 0.3) is 0 Å². The summed E-state index contributed by atoms with van der Waals surface area (Å²) in [6.07, 6.45) is 19.1. The number of aliphatic carboxylic acids is 1. The fourth-order valence-corrected chi connectivity index (χ4v) is 3.37. The van der Waals surface area contributed by atoms with E-state index in [4.69, 9.17) is 14.6 Å². The van der Waals surface area contributed by atoms with Crippen LogP contribution in [0.4, 0.5) is 0 Å². The van der Waals surface area contributed by atoms with Crippen LogP contribution >= 0.6 is 0 Å². The number of carbonyl (C=O) groups excluding carboxylic acids is 2. The number of nitrogens with one attached hydrogen (secondary N) is 1. The fourth-order valence-electron chi connectivity index (χ4n) is 3.37. The van der Waals surface area contributed by atoms with E-state index in [9.17, 15) is 14.4 Å². The average Bonchev–Trinajstić information content (AvgIpc) is 2.75. The van der Waals surface area contributed by atoms with E-state index >= 15 is 0 Å². The van der Waals surface area contributed by atoms with Gasteiger partial charge in [-0.3, -0.25) is 14.4 Å². The Bertz CT molecular complexity index is 430. The lowest BCUT2D eigenvalue weighted by Gasteiger charge is -2.06. The van der Waals surface area contributed by atoms with Crippen molar-refractivity contribution in [3.8, 4) is 0 Å². The van der Waals surface area contributed by atoms with Crippen molar-refractivity contribution in [1.29, 1.82) is 0 Å². The van der Waals surface area contributed by atoms with Crippen molar-refractivity contribution in [2.24, 2.45) is 0 Å². The molecule has 0 unspecified atom stereocenters. The van der Waals surface area contributed by atoms with E-state index in [1.807, 2.05) is 0 Å². The third kappa shape index (κ3) is 26.5. The summed E-state index contributed by atoms with van der Waals surface area (Å²) in [6.45, 7) is 1.70. The summed E-state index contributed by atoms with van der Waals surface area (Å²) in [4.78, 5) is 32.1. The molecule has 0 atom stereocenters. The van der Waals surface area contributed by atoms with Gasteiger partial charge in [-0.1, -0.05) is 77.0 Å². The molecule has 0 aliphatic heterocycles. The lowest BCUT2D eigenvalue weighted by Crippen LogP contribution is -2.27. The second kappa shape index (κ2) is 24.8. The van der Waals surface area contributed by atoms with Crippen molar-refractivity contribution in [3.05, 3.63) is 0 Å². The zero-order chi connectivity index (χ0) is 22.8. The molecular formula is C24H44NO6. The first-order valence-corrected chi connectivity index (χ1v) is 12.2. The van der Waals surface area contributed by atoms with Crippen LogP contribution in [0.5, 0.6) is 0 Å². The average molecular weight is 443 g/mol. The molecule has 0 aromatic rings. The lowest BCUT2D eigenvalue weighted by molar-refractivity contribution is -0.137. The fraction of sp³-hybridized carbons (Fsp3) is 0.875. The van der Waals surface area contributed by atoms with E-state index in [1.54, 1.807) is 6.29 Å². The molecule has 0 bridgehead atoms. The van der Waals surface area contributed by atoms with Crippen LogP contribution in [-0.4, -0.2) is 56.2 Å². The number of carbonyl (C=O) groups is 2. The van der Waals surface area contributed by atoms with Crippen LogP contribution in [-0.2, 0) is 23.9 Å². The molecule has 0 fully saturated rings. The number of hydrogen-bond donors (Lipinski definition) is 2. The van der Waals surface area contributed by atoms with Crippen LogP contribution in [0.3, 0.4) is 0 Å². The quantitative estimate of drug-likeness (QED) is 0.201. The Kier molecular flexibility index (Phi) is 23.6. The summed E-state index contributed by atoms with van der Waals surface area (Å²) < 4.78 is 10.2. The van der Waals surface area contributed by atoms with Gasteiger partial charge in [0, 0.05) is 19.4 Å². The maximum atomic E-state index is 11.7. The summed E-state index contributed by atoms with van der Waals surface area (Å²) in [6, 6.07) is 0. The van der Waals surface area contributed by atoms with Gasteiger partial charge in [-0.2, -0.15) is 0 Å². The van der Waals surface area contributed by atoms with E-state index in [1.165, 1.54) is 57.8 Å². The van der Waals surface area contributed by atoms with Gasteiger partial charge in [0.2, 0.25) is 12.2 Å². The van der Waals surface area contributed by atoms with Gasteiger partial charge < -0.3 is 19.9 Å². The van der Waals surface area contributed by atoms with Crippen molar-refractivity contribution in [1.82, 2.24) is 5.32 Å². The first-order valence-electron chi connectivity index (χ1n) is 12.2. The van der Waals surface area contributed by atoms with Crippen molar-refractivity contribution in [3.63, 3.8) is 0 Å². The Morgan fingerprint density at radius 2 is 1.10 bits per heavy atom. The van der Waals surface area contributed by atoms with Crippen LogP contribution in [0.1, 0.15) is 103 Å². The van der Waals surface area contributed by atoms with Crippen molar-refractivity contribution in [2.45, 2.75) is 103 Å². The van der Waals surface area contributed by atoms with Gasteiger partial charge in [0.05, 0.1) is 19.8 Å². The molecule has 0 aromatic carbocycles. The van der Waals surface area contributed by atoms with Crippen LogP contribution in [0.2, 0.25) is 0 Å². The third-order valence-electron chi connectivity index (χ3n) is 5.15. The van der Waals surface area contributed by atoms with Crippen LogP contribution in [0.15, 0.2) is 0 Å². The number of ether oxygens (including phenoxy) is 2. The molecule has 0 saturated heterocycles. The topological polar surface area (TPSA) is 102 Å². The van der Waals surface area contributed by atoms with Gasteiger partial charge in [0.25, 0.3) is 0 Å². The molecule has 0 saturated carbocycles. The normalized spacial score (nSPS) is 10.8. The number of rotatable bonds is 25. The van der Waals surface area contributed by atoms with Gasteiger partial charge >= 0.3 is 5.97 Å². The smallest absolute Gasteiger partial charge is 0.303 e. The number of carboxylic acid groups (broad SMARTS) is 1. The molecule has 1 radical (unpaired) electrons. The van der Waals surface area contributed by atoms with E-state index in [0.717, 1.165) is 32.1 Å². The Morgan fingerprint density at radius 1 is 0.645 bits per heavy atom. The summed E-state index contributed by atoms with van der Waals surface area (Å²) in [5, 5.41) is 11.4. The van der Waals surface area contributed by atoms with Crippen LogP contribution in [0, 0.1) is 0 Å². The van der Waals surface area contributed by atoms with Gasteiger partial charge in [-0.25, -0.2) is 0 Å². The predicted molar refractivity (Wildman–Crippen MR) is 122 cm³/mol. The van der Waals surface area contributed by atoms with Crippen molar-refractivity contribution < 1.29 is 29.0 Å². The third-order valence-corrected chi connectivity index (χ3v) is 5.15. The second-order valence-electron chi connectivity index (χ2n) is 8.00. The minimum Gasteiger partial charge on any atom is -0.481 e. The predicted octanol–water partition coefficient (Wildman–Crippen LogP) is 4.57. The standard InChI is InChI=1S/C24H44NO6/c26-18-20-31-22-21-30-19-17-25-23(27)15-13-11-9-7-5-3-1-2-4-6-8-10-12-14-16-24(28)29/h1-17,19-22H2,(H,25,27)(H,28,29). The molecular weight excluding hydrogens is 398 g/mol. The highest BCUT2D eigenvalue weighted by molar-refractivity contribution is 5.75. The number of carboxylic acids is 1. The van der Waals surface area contributed by atoms with Crippen molar-refractivity contribution in [2.75, 3.05) is 33.0 Å². The summed E-state index contributed by atoms with van der Waals surface area (Å²) in [5.41, 5.74) is 0. The maximum absolute atomic E-state index is 11.7. The molecule has 7 heteroatoms. The van der Waals surface area contributed by atoms with E-state index < -0.39 is 5.97 Å². The summed E-state index contributed by atoms with van der Waals surface area (Å²) in [5.74, 6) is -0.601. The molecule has 0 heterocycles. The molecule has 7 nitrogen and oxygen atoms in total. The maximum Gasteiger partial charge on any atom is 0.303 e. The number of unbranched alkanes of at least 4 members (excludes halogenated alkanes) is 13. The largest absolute Gasteiger partial charge is 0.481 e. The first kappa shape index (κ1) is 29.5. The highest BCUT2D eigenvalue weighted by Gasteiger charge is 2.01. The first-order chi connectivity index (χ1) is 15.2. The SMILES string of the molecule is O=[C]COCCOCCNC(=O)CCCCCCCCCCCCCCCCC(=O)O. The minimum absolute atomic E-state index is 0.0278. The molecule has 1 amide bonds. The molecule has 181 valence electrons. The number of amides is 1. The van der Waals surface area contributed by atoms with Gasteiger partial charge in [-0.05, 0) is 12.8 Å². The van der Waals surface area contributed by atoms with Crippen molar-refractivity contribution >= 4 is 18.2 Å². The molecule has 0 aliphatic carbocycles. The summed E-state index contributed by atoms with van der Waals surface area (Å²) >= 11 is 0. The van der Waals surface area contributed by atoms with Crippen LogP contribution < -0.4 is 5.32 Å². The Hall–Kier alpha value is -1.47. The molecule has 0 spiro atoms. The Balaban J connectivity index is 3.14. The molecule has 0 aromatic heterocycles. The van der Waals surface area contributed by atoms with Gasteiger partial charge in [0.15, 0.2) is 0 Å². The highest BCUT2D eigenvalue weighted by atomic mass is 16.5. The number of hydrogen-bond acceptors (Lipinski definition) is 5. The Morgan fingerprint density at radius 3 is 1.58 bits per heavy atom. The van der Waals surface area contributed by atoms with Gasteiger partial charge in [-0.15, -0.1) is 0 Å². The lowest BCUT2D eigenvalue weighted by atomic mass is 10.0. The molecule has 0 aliphatic rings. The monoisotopic (exact) mass is 442 g/mol. The van der Waals surface area contributed by atoms with E-state index in [-0.39, 0.29) is 12.5 Å². The molecule has 0 rings (SSSR count). The Labute approximate surface area is 188 Å². The van der Waals surface area contributed by atoms with E-state index in [2.05, 4.69) is 5.32 Å².